The Hall–Kier alpha value is -0.580. The first-order valence-corrected chi connectivity index (χ1v) is 4.57. The summed E-state index contributed by atoms with van der Waals surface area (Å²) >= 11 is 1.57. The predicted octanol–water partition coefficient (Wildman–Crippen LogP) is 1.37. The Morgan fingerprint density at radius 3 is 2.77 bits per heavy atom. The maximum Gasteiger partial charge on any atom is 0.308 e. The minimum absolute atomic E-state index is 0. The van der Waals surface area contributed by atoms with E-state index in [9.17, 15) is 4.79 Å². The van der Waals surface area contributed by atoms with Crippen LogP contribution in [0.4, 0.5) is 0 Å². The maximum atomic E-state index is 10.6. The third-order valence-electron chi connectivity index (χ3n) is 1.66. The fourth-order valence-electron chi connectivity index (χ4n) is 0.943. The van der Waals surface area contributed by atoms with Crippen LogP contribution in [0.2, 0.25) is 0 Å². The van der Waals surface area contributed by atoms with E-state index in [1.165, 1.54) is 0 Å². The zero-order valence-corrected chi connectivity index (χ0v) is 8.61. The molecule has 3 nitrogen and oxygen atoms in total. The van der Waals surface area contributed by atoms with Crippen LogP contribution < -0.4 is 5.73 Å². The topological polar surface area (TPSA) is 63.3 Å². The van der Waals surface area contributed by atoms with Crippen LogP contribution >= 0.6 is 23.7 Å². The van der Waals surface area contributed by atoms with Crippen molar-refractivity contribution in [3.05, 3.63) is 22.4 Å². The first kappa shape index (κ1) is 12.4. The van der Waals surface area contributed by atoms with Crippen molar-refractivity contribution in [3.8, 4) is 0 Å². The molecule has 1 unspecified atom stereocenters. The summed E-state index contributed by atoms with van der Waals surface area (Å²) in [6, 6.07) is 3.84. The van der Waals surface area contributed by atoms with Gasteiger partial charge in [0.25, 0.3) is 0 Å². The summed E-state index contributed by atoms with van der Waals surface area (Å²) in [7, 11) is 0. The molecule has 0 aliphatic carbocycles. The molecule has 74 valence electrons. The maximum absolute atomic E-state index is 10.6. The standard InChI is InChI=1S/C8H11NO2S.ClH/c9-5-6(8(10)11)4-7-2-1-3-12-7;/h1-3,6H,4-5,9H2,(H,10,11);1H. The number of aliphatic carboxylic acids is 1. The second kappa shape index (κ2) is 5.96. The summed E-state index contributed by atoms with van der Waals surface area (Å²) in [6.07, 6.45) is 0.545. The molecule has 0 saturated carbocycles. The van der Waals surface area contributed by atoms with E-state index >= 15 is 0 Å². The van der Waals surface area contributed by atoms with E-state index in [0.717, 1.165) is 4.88 Å². The number of thiophene rings is 1. The highest BCUT2D eigenvalue weighted by Crippen LogP contribution is 2.13. The highest BCUT2D eigenvalue weighted by molar-refractivity contribution is 7.09. The van der Waals surface area contributed by atoms with Crippen LogP contribution in [0, 0.1) is 5.92 Å². The van der Waals surface area contributed by atoms with Crippen LogP contribution in [-0.2, 0) is 11.2 Å². The second-order valence-corrected chi connectivity index (χ2v) is 3.59. The number of hydrogen-bond acceptors (Lipinski definition) is 3. The Bertz CT molecular complexity index is 251. The SMILES string of the molecule is Cl.NCC(Cc1cccs1)C(=O)O. The Balaban J connectivity index is 0.00000144. The molecular formula is C8H12ClNO2S. The summed E-state index contributed by atoms with van der Waals surface area (Å²) in [5.41, 5.74) is 5.31. The van der Waals surface area contributed by atoms with Gasteiger partial charge in [0, 0.05) is 11.4 Å². The first-order chi connectivity index (χ1) is 5.74. The van der Waals surface area contributed by atoms with Crippen molar-refractivity contribution < 1.29 is 9.90 Å². The molecule has 1 aromatic rings. The van der Waals surface area contributed by atoms with Crippen LogP contribution in [0.15, 0.2) is 17.5 Å². The molecular weight excluding hydrogens is 210 g/mol. The van der Waals surface area contributed by atoms with E-state index in [4.69, 9.17) is 10.8 Å². The molecule has 3 N–H and O–H groups in total. The lowest BCUT2D eigenvalue weighted by molar-refractivity contribution is -0.141. The van der Waals surface area contributed by atoms with Crippen molar-refractivity contribution in [2.45, 2.75) is 6.42 Å². The van der Waals surface area contributed by atoms with E-state index in [0.29, 0.717) is 6.42 Å². The molecule has 1 heterocycles. The van der Waals surface area contributed by atoms with Gasteiger partial charge in [0.2, 0.25) is 0 Å². The molecule has 0 aliphatic heterocycles. The van der Waals surface area contributed by atoms with Gasteiger partial charge in [-0.25, -0.2) is 0 Å². The molecule has 13 heavy (non-hydrogen) atoms. The molecule has 0 saturated heterocycles. The van der Waals surface area contributed by atoms with Gasteiger partial charge in [-0.15, -0.1) is 23.7 Å². The van der Waals surface area contributed by atoms with Gasteiger partial charge in [-0.05, 0) is 17.9 Å². The third kappa shape index (κ3) is 3.76. The van der Waals surface area contributed by atoms with E-state index in [1.807, 2.05) is 17.5 Å². The summed E-state index contributed by atoms with van der Waals surface area (Å²) in [5, 5.41) is 10.6. The third-order valence-corrected chi connectivity index (χ3v) is 2.56. The van der Waals surface area contributed by atoms with Crippen LogP contribution in [-0.4, -0.2) is 17.6 Å². The van der Waals surface area contributed by atoms with Gasteiger partial charge in [0.15, 0.2) is 0 Å². The molecule has 0 bridgehead atoms. The van der Waals surface area contributed by atoms with Gasteiger partial charge >= 0.3 is 5.97 Å². The van der Waals surface area contributed by atoms with E-state index < -0.39 is 11.9 Å². The van der Waals surface area contributed by atoms with Crippen molar-refractivity contribution in [1.29, 1.82) is 0 Å². The Morgan fingerprint density at radius 2 is 2.38 bits per heavy atom. The fourth-order valence-corrected chi connectivity index (χ4v) is 1.73. The van der Waals surface area contributed by atoms with Crippen molar-refractivity contribution in [1.82, 2.24) is 0 Å². The lowest BCUT2D eigenvalue weighted by atomic mass is 10.1. The minimum atomic E-state index is -0.814. The van der Waals surface area contributed by atoms with Gasteiger partial charge in [0.05, 0.1) is 5.92 Å². The van der Waals surface area contributed by atoms with Crippen LogP contribution in [0.3, 0.4) is 0 Å². The molecule has 0 aliphatic rings. The lowest BCUT2D eigenvalue weighted by Crippen LogP contribution is -2.24. The monoisotopic (exact) mass is 221 g/mol. The molecule has 0 radical (unpaired) electrons. The number of carbonyl (C=O) groups is 1. The van der Waals surface area contributed by atoms with E-state index in [1.54, 1.807) is 11.3 Å². The summed E-state index contributed by atoms with van der Waals surface area (Å²) in [4.78, 5) is 11.7. The first-order valence-electron chi connectivity index (χ1n) is 3.69. The number of carboxylic acids is 1. The van der Waals surface area contributed by atoms with E-state index in [-0.39, 0.29) is 19.0 Å². The largest absolute Gasteiger partial charge is 0.481 e. The average molecular weight is 222 g/mol. The zero-order valence-electron chi connectivity index (χ0n) is 6.97. The molecule has 0 amide bonds. The fraction of sp³-hybridized carbons (Fsp3) is 0.375. The van der Waals surface area contributed by atoms with Gasteiger partial charge in [-0.2, -0.15) is 0 Å². The number of halogens is 1. The average Bonchev–Trinajstić information content (AvgIpc) is 2.51. The van der Waals surface area contributed by atoms with Gasteiger partial charge in [0.1, 0.15) is 0 Å². The van der Waals surface area contributed by atoms with Crippen molar-refractivity contribution >= 4 is 29.7 Å². The smallest absolute Gasteiger partial charge is 0.308 e. The van der Waals surface area contributed by atoms with Gasteiger partial charge < -0.3 is 10.8 Å². The van der Waals surface area contributed by atoms with Crippen LogP contribution in [0.1, 0.15) is 4.88 Å². The van der Waals surface area contributed by atoms with Crippen molar-refractivity contribution in [2.24, 2.45) is 11.7 Å². The minimum Gasteiger partial charge on any atom is -0.481 e. The number of rotatable bonds is 4. The summed E-state index contributed by atoms with van der Waals surface area (Å²) < 4.78 is 0. The zero-order chi connectivity index (χ0) is 8.97. The highest BCUT2D eigenvalue weighted by Gasteiger charge is 2.15. The van der Waals surface area contributed by atoms with Gasteiger partial charge in [-0.1, -0.05) is 6.07 Å². The van der Waals surface area contributed by atoms with Crippen LogP contribution in [0.5, 0.6) is 0 Å². The van der Waals surface area contributed by atoms with Gasteiger partial charge in [-0.3, -0.25) is 4.79 Å². The molecule has 5 heteroatoms. The molecule has 1 rings (SSSR count). The molecule has 0 spiro atoms. The summed E-state index contributed by atoms with van der Waals surface area (Å²) in [5.74, 6) is -1.26. The highest BCUT2D eigenvalue weighted by atomic mass is 35.5. The molecule has 1 aromatic heterocycles. The number of carboxylic acid groups (broad SMARTS) is 1. The van der Waals surface area contributed by atoms with Crippen molar-refractivity contribution in [3.63, 3.8) is 0 Å². The molecule has 0 aromatic carbocycles. The molecule has 0 fully saturated rings. The second-order valence-electron chi connectivity index (χ2n) is 2.55. The van der Waals surface area contributed by atoms with Crippen LogP contribution in [0.25, 0.3) is 0 Å². The summed E-state index contributed by atoms with van der Waals surface area (Å²) in [6.45, 7) is 0.202. The molecule has 1 atom stereocenters. The lowest BCUT2D eigenvalue weighted by Gasteiger charge is -2.06. The predicted molar refractivity (Wildman–Crippen MR) is 55.5 cm³/mol. The Labute approximate surface area is 87.0 Å². The van der Waals surface area contributed by atoms with E-state index in [2.05, 4.69) is 0 Å². The number of nitrogens with two attached hydrogens (primary N) is 1. The van der Waals surface area contributed by atoms with Crippen molar-refractivity contribution in [2.75, 3.05) is 6.54 Å². The Kier molecular flexibility index (Phi) is 5.70. The Morgan fingerprint density at radius 1 is 1.69 bits per heavy atom. The quantitative estimate of drug-likeness (QED) is 0.807. The number of hydrogen-bond donors (Lipinski definition) is 2. The normalized spacial score (nSPS) is 11.8.